The van der Waals surface area contributed by atoms with Crippen LogP contribution in [0.4, 0.5) is 20.6 Å². The number of rotatable bonds is 4. The lowest BCUT2D eigenvalue weighted by molar-refractivity contribution is 0.00567. The van der Waals surface area contributed by atoms with Gasteiger partial charge in [0.2, 0.25) is 0 Å². The van der Waals surface area contributed by atoms with Gasteiger partial charge >= 0.3 is 6.09 Å². The highest BCUT2D eigenvalue weighted by Crippen LogP contribution is 2.33. The van der Waals surface area contributed by atoms with Crippen molar-refractivity contribution < 1.29 is 18.7 Å². The number of halogens is 1. The predicted molar refractivity (Wildman–Crippen MR) is 152 cm³/mol. The molecule has 1 saturated heterocycles. The van der Waals surface area contributed by atoms with Crippen LogP contribution < -0.4 is 10.2 Å². The van der Waals surface area contributed by atoms with Gasteiger partial charge in [0.05, 0.1) is 29.0 Å². The fraction of sp³-hybridized carbons (Fsp3) is 0.448. The van der Waals surface area contributed by atoms with Gasteiger partial charge in [0.25, 0.3) is 5.91 Å². The van der Waals surface area contributed by atoms with E-state index in [2.05, 4.69) is 15.2 Å². The average molecular weight is 550 g/mol. The number of nitrogens with zero attached hydrogens (tertiary/aromatic N) is 6. The Labute approximate surface area is 232 Å². The summed E-state index contributed by atoms with van der Waals surface area (Å²) in [5.41, 5.74) is 2.53. The first-order chi connectivity index (χ1) is 18.8. The van der Waals surface area contributed by atoms with E-state index in [9.17, 15) is 14.0 Å². The van der Waals surface area contributed by atoms with Crippen LogP contribution in [0.5, 0.6) is 0 Å². The standard InChI is InChI=1S/C29H36FN7O3/c1-8-36-16-22-24(34-13-18(3)37(19(4)14-34)28(39)40-29(5,6)7)10-9-21(25(22)33-36)27(38)32-20-11-23(30)26-31-17(2)12-35(26)15-20/h9-12,15-16,18-19H,8,13-14H2,1-7H3,(H,32,38)/t18-,19+. The van der Waals surface area contributed by atoms with Gasteiger partial charge in [0, 0.05) is 55.4 Å². The Balaban J connectivity index is 1.44. The summed E-state index contributed by atoms with van der Waals surface area (Å²) in [5.74, 6) is -0.902. The largest absolute Gasteiger partial charge is 0.444 e. The minimum Gasteiger partial charge on any atom is -0.444 e. The molecule has 0 bridgehead atoms. The normalized spacial score (nSPS) is 18.0. The summed E-state index contributed by atoms with van der Waals surface area (Å²) >= 11 is 0. The third-order valence-electron chi connectivity index (χ3n) is 7.02. The first-order valence-corrected chi connectivity index (χ1v) is 13.6. The van der Waals surface area contributed by atoms with Crippen molar-refractivity contribution in [2.24, 2.45) is 0 Å². The minimum atomic E-state index is -0.569. The molecule has 0 spiro atoms. The van der Waals surface area contributed by atoms with Crippen molar-refractivity contribution in [1.29, 1.82) is 0 Å². The number of fused-ring (bicyclic) bond motifs is 2. The van der Waals surface area contributed by atoms with Crippen molar-refractivity contribution in [3.8, 4) is 0 Å². The maximum atomic E-state index is 14.6. The zero-order valence-corrected chi connectivity index (χ0v) is 24.0. The van der Waals surface area contributed by atoms with Crippen molar-refractivity contribution in [3.05, 3.63) is 53.9 Å². The van der Waals surface area contributed by atoms with E-state index in [1.807, 2.05) is 53.8 Å². The summed E-state index contributed by atoms with van der Waals surface area (Å²) in [6.07, 6.45) is 4.97. The second-order valence-corrected chi connectivity index (χ2v) is 11.5. The molecular weight excluding hydrogens is 513 g/mol. The Hall–Kier alpha value is -4.15. The molecule has 4 aromatic rings. The van der Waals surface area contributed by atoms with Crippen LogP contribution in [0.15, 0.2) is 36.8 Å². The lowest BCUT2D eigenvalue weighted by atomic mass is 10.0. The molecule has 0 saturated carbocycles. The number of aromatic nitrogens is 4. The number of aryl methyl sites for hydroxylation is 2. The van der Waals surface area contributed by atoms with E-state index in [1.54, 1.807) is 39.4 Å². The van der Waals surface area contributed by atoms with E-state index in [1.165, 1.54) is 6.07 Å². The van der Waals surface area contributed by atoms with Gasteiger partial charge in [-0.05, 0) is 60.6 Å². The van der Waals surface area contributed by atoms with Gasteiger partial charge in [0.1, 0.15) is 11.1 Å². The lowest BCUT2D eigenvalue weighted by Crippen LogP contribution is -2.59. The second-order valence-electron chi connectivity index (χ2n) is 11.5. The highest BCUT2D eigenvalue weighted by molar-refractivity contribution is 6.14. The van der Waals surface area contributed by atoms with Crippen LogP contribution in [0.3, 0.4) is 0 Å². The molecule has 5 rings (SSSR count). The SMILES string of the molecule is CCn1cc2c(N3C[C@@H](C)N(C(=O)OC(C)(C)C)[C@@H](C)C3)ccc(C(=O)Nc3cc(F)c4nc(C)cn4c3)c2n1. The van der Waals surface area contributed by atoms with Crippen LogP contribution in [0, 0.1) is 12.7 Å². The molecule has 11 heteroatoms. The molecule has 40 heavy (non-hydrogen) atoms. The third-order valence-corrected chi connectivity index (χ3v) is 7.02. The molecule has 2 atom stereocenters. The van der Waals surface area contributed by atoms with Crippen LogP contribution in [0.1, 0.15) is 57.6 Å². The molecule has 3 aromatic heterocycles. The summed E-state index contributed by atoms with van der Waals surface area (Å²) in [7, 11) is 0. The van der Waals surface area contributed by atoms with E-state index in [0.717, 1.165) is 11.1 Å². The number of imidazole rings is 1. The number of carbonyl (C=O) groups excluding carboxylic acids is 2. The maximum Gasteiger partial charge on any atom is 0.410 e. The van der Waals surface area contributed by atoms with Crippen molar-refractivity contribution >= 4 is 39.9 Å². The highest BCUT2D eigenvalue weighted by Gasteiger charge is 2.36. The quantitative estimate of drug-likeness (QED) is 0.374. The van der Waals surface area contributed by atoms with Gasteiger partial charge in [-0.3, -0.25) is 14.4 Å². The fourth-order valence-corrected chi connectivity index (χ4v) is 5.40. The van der Waals surface area contributed by atoms with Crippen LogP contribution in [0.25, 0.3) is 16.6 Å². The summed E-state index contributed by atoms with van der Waals surface area (Å²) < 4.78 is 23.6. The molecule has 1 aliphatic rings. The maximum absolute atomic E-state index is 14.6. The number of hydrogen-bond donors (Lipinski definition) is 1. The third kappa shape index (κ3) is 5.20. The van der Waals surface area contributed by atoms with Gasteiger partial charge in [0.15, 0.2) is 11.5 Å². The number of pyridine rings is 1. The molecule has 10 nitrogen and oxygen atoms in total. The topological polar surface area (TPSA) is 97.0 Å². The summed E-state index contributed by atoms with van der Waals surface area (Å²) in [4.78, 5) is 34.5. The first kappa shape index (κ1) is 27.4. The zero-order chi connectivity index (χ0) is 28.9. The Kier molecular flexibility index (Phi) is 6.93. The molecule has 1 N–H and O–H groups in total. The molecule has 1 aliphatic heterocycles. The number of piperazine rings is 1. The van der Waals surface area contributed by atoms with E-state index in [4.69, 9.17) is 9.84 Å². The van der Waals surface area contributed by atoms with E-state index < -0.39 is 11.4 Å². The second kappa shape index (κ2) is 10.1. The Bertz CT molecular complexity index is 1590. The number of ether oxygens (including phenoxy) is 1. The van der Waals surface area contributed by atoms with Crippen LogP contribution >= 0.6 is 0 Å². The van der Waals surface area contributed by atoms with Crippen molar-refractivity contribution in [3.63, 3.8) is 0 Å². The van der Waals surface area contributed by atoms with Crippen LogP contribution in [-0.2, 0) is 11.3 Å². The van der Waals surface area contributed by atoms with Gasteiger partial charge in [-0.1, -0.05) is 0 Å². The predicted octanol–water partition coefficient (Wildman–Crippen LogP) is 5.24. The van der Waals surface area contributed by atoms with Gasteiger partial charge in [-0.15, -0.1) is 0 Å². The van der Waals surface area contributed by atoms with E-state index >= 15 is 0 Å². The van der Waals surface area contributed by atoms with Gasteiger partial charge in [-0.2, -0.15) is 5.10 Å². The summed E-state index contributed by atoms with van der Waals surface area (Å²) in [5, 5.41) is 8.36. The molecular formula is C29H36FN7O3. The summed E-state index contributed by atoms with van der Waals surface area (Å²) in [6.45, 7) is 15.2. The van der Waals surface area contributed by atoms with Crippen molar-refractivity contribution in [1.82, 2.24) is 24.1 Å². The number of nitrogens with one attached hydrogen (secondary N) is 1. The molecule has 1 fully saturated rings. The Morgan fingerprint density at radius 3 is 2.48 bits per heavy atom. The van der Waals surface area contributed by atoms with Crippen LogP contribution in [0.2, 0.25) is 0 Å². The fourth-order valence-electron chi connectivity index (χ4n) is 5.40. The number of amides is 2. The van der Waals surface area contributed by atoms with Crippen LogP contribution in [-0.4, -0.2) is 66.8 Å². The number of benzene rings is 1. The first-order valence-electron chi connectivity index (χ1n) is 13.6. The molecule has 212 valence electrons. The minimum absolute atomic E-state index is 0.0885. The van der Waals surface area contributed by atoms with Crippen molar-refractivity contribution in [2.75, 3.05) is 23.3 Å². The van der Waals surface area contributed by atoms with E-state index in [0.29, 0.717) is 42.1 Å². The molecule has 0 aliphatic carbocycles. The van der Waals surface area contributed by atoms with E-state index in [-0.39, 0.29) is 29.7 Å². The molecule has 2 amide bonds. The van der Waals surface area contributed by atoms with Gasteiger partial charge in [-0.25, -0.2) is 14.2 Å². The summed E-state index contributed by atoms with van der Waals surface area (Å²) in [6, 6.07) is 4.77. The van der Waals surface area contributed by atoms with Crippen molar-refractivity contribution in [2.45, 2.75) is 72.7 Å². The Morgan fingerprint density at radius 1 is 1.12 bits per heavy atom. The highest BCUT2D eigenvalue weighted by atomic mass is 19.1. The monoisotopic (exact) mass is 549 g/mol. The smallest absolute Gasteiger partial charge is 0.410 e. The molecule has 0 radical (unpaired) electrons. The zero-order valence-electron chi connectivity index (χ0n) is 24.0. The number of anilines is 2. The Morgan fingerprint density at radius 2 is 1.82 bits per heavy atom. The van der Waals surface area contributed by atoms with Gasteiger partial charge < -0.3 is 19.4 Å². The number of hydrogen-bond acceptors (Lipinski definition) is 6. The lowest BCUT2D eigenvalue weighted by Gasteiger charge is -2.45. The number of carbonyl (C=O) groups is 2. The average Bonchev–Trinajstić information content (AvgIpc) is 3.45. The molecule has 4 heterocycles. The molecule has 1 aromatic carbocycles. The molecule has 0 unspecified atom stereocenters.